The van der Waals surface area contributed by atoms with Crippen molar-refractivity contribution >= 4 is 23.1 Å². The maximum absolute atomic E-state index is 13.6. The van der Waals surface area contributed by atoms with E-state index in [4.69, 9.17) is 0 Å². The number of rotatable bonds is 4. The van der Waals surface area contributed by atoms with Crippen molar-refractivity contribution in [1.29, 1.82) is 0 Å². The zero-order chi connectivity index (χ0) is 18.7. The van der Waals surface area contributed by atoms with Gasteiger partial charge in [-0.1, -0.05) is 12.1 Å². The van der Waals surface area contributed by atoms with E-state index in [9.17, 15) is 13.6 Å². The molecule has 0 spiro atoms. The average molecular weight is 354 g/mol. The fraction of sp³-hybridized carbons (Fsp3) is 0.105. The number of carbonyl (C=O) groups excluding carboxylic acids is 1. The van der Waals surface area contributed by atoms with Crippen LogP contribution in [0.3, 0.4) is 0 Å². The molecule has 132 valence electrons. The fourth-order valence-corrected chi connectivity index (χ4v) is 2.50. The Morgan fingerprint density at radius 1 is 0.962 bits per heavy atom. The number of benzene rings is 2. The molecule has 0 aliphatic heterocycles. The van der Waals surface area contributed by atoms with Gasteiger partial charge in [0, 0.05) is 5.69 Å². The molecule has 0 fully saturated rings. The molecule has 2 aromatic carbocycles. The molecular formula is C19H16F2N4O. The van der Waals surface area contributed by atoms with Crippen LogP contribution in [0.5, 0.6) is 0 Å². The van der Waals surface area contributed by atoms with E-state index >= 15 is 0 Å². The van der Waals surface area contributed by atoms with Crippen molar-refractivity contribution < 1.29 is 13.6 Å². The number of carbonyl (C=O) groups is 1. The molecule has 1 aromatic heterocycles. The molecule has 3 aromatic rings. The number of aryl methyl sites for hydroxylation is 2. The highest BCUT2D eigenvalue weighted by molar-refractivity contribution is 6.02. The normalized spacial score (nSPS) is 10.5. The zero-order valence-corrected chi connectivity index (χ0v) is 14.2. The Labute approximate surface area is 149 Å². The number of nitrogens with zero attached hydrogens (tertiary/aromatic N) is 2. The molecule has 1 amide bonds. The van der Waals surface area contributed by atoms with Crippen molar-refractivity contribution in [2.24, 2.45) is 0 Å². The Morgan fingerprint density at radius 3 is 2.19 bits per heavy atom. The van der Waals surface area contributed by atoms with Crippen LogP contribution >= 0.6 is 0 Å². The first-order chi connectivity index (χ1) is 12.4. The monoisotopic (exact) mass is 354 g/mol. The van der Waals surface area contributed by atoms with E-state index in [0.717, 1.165) is 23.3 Å². The van der Waals surface area contributed by atoms with Crippen LogP contribution in [0.25, 0.3) is 0 Å². The Kier molecular flexibility index (Phi) is 4.88. The Morgan fingerprint density at radius 2 is 1.62 bits per heavy atom. The first-order valence-corrected chi connectivity index (χ1v) is 7.85. The molecule has 0 saturated heterocycles. The van der Waals surface area contributed by atoms with E-state index in [-0.39, 0.29) is 17.2 Å². The van der Waals surface area contributed by atoms with Gasteiger partial charge in [-0.05, 0) is 49.2 Å². The number of aromatic nitrogens is 2. The summed E-state index contributed by atoms with van der Waals surface area (Å²) < 4.78 is 27.3. The number of amides is 1. The highest BCUT2D eigenvalue weighted by Crippen LogP contribution is 2.21. The van der Waals surface area contributed by atoms with Crippen LogP contribution < -0.4 is 10.6 Å². The minimum absolute atomic E-state index is 0.0868. The number of hydrogen-bond donors (Lipinski definition) is 2. The predicted octanol–water partition coefficient (Wildman–Crippen LogP) is 4.37. The zero-order valence-electron chi connectivity index (χ0n) is 14.2. The topological polar surface area (TPSA) is 66.9 Å². The predicted molar refractivity (Wildman–Crippen MR) is 95.5 cm³/mol. The van der Waals surface area contributed by atoms with Crippen LogP contribution in [0.1, 0.15) is 21.6 Å². The molecule has 0 bridgehead atoms. The van der Waals surface area contributed by atoms with Gasteiger partial charge in [-0.2, -0.15) is 0 Å². The molecule has 3 rings (SSSR count). The molecule has 7 heteroatoms. The minimum Gasteiger partial charge on any atom is -0.334 e. The Balaban J connectivity index is 1.73. The summed E-state index contributed by atoms with van der Waals surface area (Å²) in [4.78, 5) is 20.2. The van der Waals surface area contributed by atoms with Gasteiger partial charge in [0.25, 0.3) is 5.91 Å². The second kappa shape index (κ2) is 7.26. The van der Waals surface area contributed by atoms with Gasteiger partial charge in [0.15, 0.2) is 0 Å². The SMILES string of the molecule is Cc1cc(C)cc(NC(=O)c2cnc(Nc3c(F)cccc3F)cn2)c1. The van der Waals surface area contributed by atoms with E-state index in [1.807, 2.05) is 32.0 Å². The lowest BCUT2D eigenvalue weighted by molar-refractivity contribution is 0.102. The Hall–Kier alpha value is -3.35. The average Bonchev–Trinajstić information content (AvgIpc) is 2.58. The summed E-state index contributed by atoms with van der Waals surface area (Å²) in [5.41, 5.74) is 2.47. The van der Waals surface area contributed by atoms with E-state index in [1.165, 1.54) is 18.5 Å². The summed E-state index contributed by atoms with van der Waals surface area (Å²) in [5, 5.41) is 5.26. The largest absolute Gasteiger partial charge is 0.334 e. The third kappa shape index (κ3) is 4.00. The van der Waals surface area contributed by atoms with Crippen molar-refractivity contribution in [3.8, 4) is 0 Å². The summed E-state index contributed by atoms with van der Waals surface area (Å²) in [6.07, 6.45) is 2.47. The van der Waals surface area contributed by atoms with Crippen LogP contribution in [-0.4, -0.2) is 15.9 Å². The molecule has 26 heavy (non-hydrogen) atoms. The van der Waals surface area contributed by atoms with Crippen molar-refractivity contribution in [2.75, 3.05) is 10.6 Å². The maximum Gasteiger partial charge on any atom is 0.275 e. The molecule has 0 aliphatic carbocycles. The summed E-state index contributed by atoms with van der Waals surface area (Å²) in [6.45, 7) is 3.87. The minimum atomic E-state index is -0.747. The molecule has 0 unspecified atom stereocenters. The molecule has 5 nitrogen and oxygen atoms in total. The second-order valence-electron chi connectivity index (χ2n) is 5.84. The molecule has 2 N–H and O–H groups in total. The van der Waals surface area contributed by atoms with Crippen LogP contribution in [0.2, 0.25) is 0 Å². The lowest BCUT2D eigenvalue weighted by atomic mass is 10.1. The van der Waals surface area contributed by atoms with E-state index in [2.05, 4.69) is 20.6 Å². The third-order valence-electron chi connectivity index (χ3n) is 3.58. The van der Waals surface area contributed by atoms with E-state index < -0.39 is 17.5 Å². The molecule has 0 atom stereocenters. The highest BCUT2D eigenvalue weighted by atomic mass is 19.1. The molecule has 0 saturated carbocycles. The van der Waals surface area contributed by atoms with Gasteiger partial charge in [0.2, 0.25) is 0 Å². The van der Waals surface area contributed by atoms with Crippen LogP contribution in [-0.2, 0) is 0 Å². The molecule has 0 radical (unpaired) electrons. The standard InChI is InChI=1S/C19H16F2N4O/c1-11-6-12(2)8-13(7-11)24-19(26)16-9-23-17(10-22-16)25-18-14(20)4-3-5-15(18)21/h3-10H,1-2H3,(H,23,25)(H,24,26). The summed E-state index contributed by atoms with van der Waals surface area (Å²) in [6, 6.07) is 9.21. The maximum atomic E-state index is 13.6. The fourth-order valence-electron chi connectivity index (χ4n) is 2.50. The number of nitrogens with one attached hydrogen (secondary N) is 2. The van der Waals surface area contributed by atoms with Gasteiger partial charge in [0.1, 0.15) is 28.8 Å². The van der Waals surface area contributed by atoms with Gasteiger partial charge in [-0.25, -0.2) is 18.7 Å². The quantitative estimate of drug-likeness (QED) is 0.730. The van der Waals surface area contributed by atoms with Gasteiger partial charge in [-0.15, -0.1) is 0 Å². The lowest BCUT2D eigenvalue weighted by Gasteiger charge is -2.09. The van der Waals surface area contributed by atoms with Gasteiger partial charge < -0.3 is 10.6 Å². The summed E-state index contributed by atoms with van der Waals surface area (Å²) in [5.74, 6) is -1.80. The third-order valence-corrected chi connectivity index (χ3v) is 3.58. The highest BCUT2D eigenvalue weighted by Gasteiger charge is 2.12. The van der Waals surface area contributed by atoms with Gasteiger partial charge >= 0.3 is 0 Å². The van der Waals surface area contributed by atoms with Crippen LogP contribution in [0, 0.1) is 25.5 Å². The van der Waals surface area contributed by atoms with E-state index in [0.29, 0.717) is 5.69 Å². The van der Waals surface area contributed by atoms with Crippen LogP contribution in [0.15, 0.2) is 48.8 Å². The first kappa shape index (κ1) is 17.5. The van der Waals surface area contributed by atoms with Crippen LogP contribution in [0.4, 0.5) is 26.0 Å². The smallest absolute Gasteiger partial charge is 0.275 e. The van der Waals surface area contributed by atoms with Gasteiger partial charge in [0.05, 0.1) is 12.4 Å². The molecule has 1 heterocycles. The van der Waals surface area contributed by atoms with E-state index in [1.54, 1.807) is 0 Å². The molecule has 0 aliphatic rings. The van der Waals surface area contributed by atoms with Gasteiger partial charge in [-0.3, -0.25) is 4.79 Å². The first-order valence-electron chi connectivity index (χ1n) is 7.85. The second-order valence-corrected chi connectivity index (χ2v) is 5.84. The molecular weight excluding hydrogens is 338 g/mol. The lowest BCUT2D eigenvalue weighted by Crippen LogP contribution is -2.14. The number of hydrogen-bond acceptors (Lipinski definition) is 4. The van der Waals surface area contributed by atoms with Crippen molar-refractivity contribution in [3.63, 3.8) is 0 Å². The summed E-state index contributed by atoms with van der Waals surface area (Å²) >= 11 is 0. The van der Waals surface area contributed by atoms with Crippen molar-refractivity contribution in [3.05, 3.63) is 77.2 Å². The number of anilines is 3. The van der Waals surface area contributed by atoms with Crippen molar-refractivity contribution in [1.82, 2.24) is 9.97 Å². The van der Waals surface area contributed by atoms with Crippen molar-refractivity contribution in [2.45, 2.75) is 13.8 Å². The number of halogens is 2. The Bertz CT molecular complexity index is 918. The summed E-state index contributed by atoms with van der Waals surface area (Å²) in [7, 11) is 0. The number of para-hydroxylation sites is 1.